The number of rotatable bonds is 9. The largest absolute Gasteiger partial charge is 0.489 e. The molecular formula is C25H30ClF2NO5. The highest BCUT2D eigenvalue weighted by Gasteiger charge is 2.24. The first-order valence-electron chi connectivity index (χ1n) is 11.1. The van der Waals surface area contributed by atoms with Crippen LogP contribution in [0.5, 0.6) is 11.5 Å². The van der Waals surface area contributed by atoms with Crippen molar-refractivity contribution in [3.63, 3.8) is 0 Å². The van der Waals surface area contributed by atoms with E-state index in [0.29, 0.717) is 37.4 Å². The molecule has 0 amide bonds. The Hall–Kier alpha value is -2.42. The average Bonchev–Trinajstić information content (AvgIpc) is 2.76. The summed E-state index contributed by atoms with van der Waals surface area (Å²) >= 11 is 6.14. The predicted octanol–water partition coefficient (Wildman–Crippen LogP) is 5.63. The van der Waals surface area contributed by atoms with Crippen LogP contribution in [0.25, 0.3) is 0 Å². The molecule has 6 nitrogen and oxygen atoms in total. The van der Waals surface area contributed by atoms with Crippen LogP contribution in [0, 0.1) is 0 Å². The molecule has 1 heterocycles. The number of ether oxygens (including phenoxy) is 4. The fraction of sp³-hybridized carbons (Fsp3) is 0.480. The zero-order valence-electron chi connectivity index (χ0n) is 19.6. The van der Waals surface area contributed by atoms with Crippen molar-refractivity contribution in [1.29, 1.82) is 0 Å². The lowest BCUT2D eigenvalue weighted by Gasteiger charge is -2.33. The van der Waals surface area contributed by atoms with Crippen LogP contribution in [-0.2, 0) is 20.9 Å². The second-order valence-corrected chi connectivity index (χ2v) is 9.36. The quantitative estimate of drug-likeness (QED) is 0.419. The number of carbonyl (C=O) groups excluding carboxylic acids is 1. The Morgan fingerprint density at radius 3 is 2.62 bits per heavy atom. The van der Waals surface area contributed by atoms with Crippen LogP contribution >= 0.6 is 11.6 Å². The summed E-state index contributed by atoms with van der Waals surface area (Å²) in [7, 11) is 0. The number of alkyl halides is 2. The van der Waals surface area contributed by atoms with Gasteiger partial charge in [-0.1, -0.05) is 29.8 Å². The van der Waals surface area contributed by atoms with Crippen molar-refractivity contribution in [2.75, 3.05) is 26.2 Å². The molecule has 34 heavy (non-hydrogen) atoms. The van der Waals surface area contributed by atoms with E-state index in [1.165, 1.54) is 6.07 Å². The minimum Gasteiger partial charge on any atom is -0.489 e. The fourth-order valence-electron chi connectivity index (χ4n) is 3.57. The van der Waals surface area contributed by atoms with Crippen molar-refractivity contribution >= 4 is 17.6 Å². The third-order valence-electron chi connectivity index (χ3n) is 5.13. The van der Waals surface area contributed by atoms with Gasteiger partial charge in [-0.05, 0) is 50.6 Å². The Balaban J connectivity index is 1.54. The molecule has 0 aromatic heterocycles. The second kappa shape index (κ2) is 11.8. The van der Waals surface area contributed by atoms with E-state index in [0.717, 1.165) is 12.1 Å². The third-order valence-corrected chi connectivity index (χ3v) is 5.48. The van der Waals surface area contributed by atoms with Crippen molar-refractivity contribution < 1.29 is 32.5 Å². The molecule has 0 N–H and O–H groups in total. The molecule has 1 unspecified atom stereocenters. The summed E-state index contributed by atoms with van der Waals surface area (Å²) in [4.78, 5) is 14.2. The Kier molecular flexibility index (Phi) is 9.10. The minimum absolute atomic E-state index is 0.0128. The molecule has 0 spiro atoms. The van der Waals surface area contributed by atoms with Crippen molar-refractivity contribution in [2.45, 2.75) is 52.1 Å². The van der Waals surface area contributed by atoms with Gasteiger partial charge in [0.2, 0.25) is 0 Å². The number of halogens is 3. The van der Waals surface area contributed by atoms with E-state index in [-0.39, 0.29) is 29.5 Å². The lowest BCUT2D eigenvalue weighted by molar-refractivity contribution is -0.155. The Labute approximate surface area is 203 Å². The summed E-state index contributed by atoms with van der Waals surface area (Å²) in [5.74, 6) is 0.336. The van der Waals surface area contributed by atoms with E-state index in [2.05, 4.69) is 9.64 Å². The summed E-state index contributed by atoms with van der Waals surface area (Å²) in [6.45, 7) is 5.19. The van der Waals surface area contributed by atoms with Gasteiger partial charge in [-0.3, -0.25) is 9.69 Å². The van der Waals surface area contributed by atoms with Gasteiger partial charge in [-0.25, -0.2) is 0 Å². The van der Waals surface area contributed by atoms with Crippen LogP contribution in [0.1, 0.15) is 44.4 Å². The highest BCUT2D eigenvalue weighted by Crippen LogP contribution is 2.30. The van der Waals surface area contributed by atoms with E-state index >= 15 is 0 Å². The predicted molar refractivity (Wildman–Crippen MR) is 124 cm³/mol. The van der Waals surface area contributed by atoms with Crippen LogP contribution in [0.4, 0.5) is 8.78 Å². The van der Waals surface area contributed by atoms with E-state index < -0.39 is 12.2 Å². The maximum Gasteiger partial charge on any atom is 0.387 e. The summed E-state index contributed by atoms with van der Waals surface area (Å²) in [6, 6.07) is 12.0. The number of hydrogen-bond acceptors (Lipinski definition) is 6. The maximum atomic E-state index is 12.7. The van der Waals surface area contributed by atoms with Crippen LogP contribution in [0.15, 0.2) is 42.5 Å². The van der Waals surface area contributed by atoms with E-state index in [1.54, 1.807) is 24.3 Å². The molecular weight excluding hydrogens is 468 g/mol. The second-order valence-electron chi connectivity index (χ2n) is 8.95. The molecule has 3 rings (SSSR count). The normalized spacial score (nSPS) is 17.0. The van der Waals surface area contributed by atoms with E-state index in [1.807, 2.05) is 32.9 Å². The topological polar surface area (TPSA) is 57.2 Å². The lowest BCUT2D eigenvalue weighted by Crippen LogP contribution is -2.39. The van der Waals surface area contributed by atoms with Crippen LogP contribution in [0.2, 0.25) is 5.02 Å². The average molecular weight is 498 g/mol. The van der Waals surface area contributed by atoms with Gasteiger partial charge in [-0.2, -0.15) is 8.78 Å². The molecule has 186 valence electrons. The smallest absolute Gasteiger partial charge is 0.387 e. The molecule has 2 aromatic rings. The SMILES string of the molecule is CC(C)(C)OC(=O)CCN1CCOC(c2ccc(OCc3c(Cl)cccc3OC(F)F)cc2)C1. The fourth-order valence-corrected chi connectivity index (χ4v) is 3.79. The molecule has 0 radical (unpaired) electrons. The number of hydrogen-bond donors (Lipinski definition) is 0. The van der Waals surface area contributed by atoms with Crippen molar-refractivity contribution in [1.82, 2.24) is 4.90 Å². The number of nitrogens with zero attached hydrogens (tertiary/aromatic N) is 1. The van der Waals surface area contributed by atoms with E-state index in [4.69, 9.17) is 25.8 Å². The molecule has 0 saturated carbocycles. The zero-order valence-corrected chi connectivity index (χ0v) is 20.3. The van der Waals surface area contributed by atoms with Crippen molar-refractivity contribution in [3.05, 3.63) is 58.6 Å². The van der Waals surface area contributed by atoms with Gasteiger partial charge in [-0.15, -0.1) is 0 Å². The molecule has 1 aliphatic rings. The molecule has 0 aliphatic carbocycles. The first-order chi connectivity index (χ1) is 16.1. The summed E-state index contributed by atoms with van der Waals surface area (Å²) in [6.07, 6.45) is 0.201. The highest BCUT2D eigenvalue weighted by molar-refractivity contribution is 6.31. The minimum atomic E-state index is -2.95. The molecule has 1 fully saturated rings. The van der Waals surface area contributed by atoms with Gasteiger partial charge in [0.25, 0.3) is 0 Å². The van der Waals surface area contributed by atoms with Gasteiger partial charge in [0.05, 0.1) is 29.7 Å². The van der Waals surface area contributed by atoms with E-state index in [9.17, 15) is 13.6 Å². The first kappa shape index (κ1) is 26.2. The van der Waals surface area contributed by atoms with Gasteiger partial charge in [0.15, 0.2) is 0 Å². The van der Waals surface area contributed by atoms with Gasteiger partial charge < -0.3 is 18.9 Å². The molecule has 1 atom stereocenters. The summed E-state index contributed by atoms with van der Waals surface area (Å²) in [5.41, 5.74) is 0.844. The number of esters is 1. The van der Waals surface area contributed by atoms with Crippen molar-refractivity contribution in [3.8, 4) is 11.5 Å². The van der Waals surface area contributed by atoms with Crippen LogP contribution < -0.4 is 9.47 Å². The third kappa shape index (κ3) is 8.11. The van der Waals surface area contributed by atoms with Gasteiger partial charge >= 0.3 is 12.6 Å². The Morgan fingerprint density at radius 1 is 1.21 bits per heavy atom. The standard InChI is InChI=1S/C25H30ClF2NO5/c1-25(2,3)34-23(30)11-12-29-13-14-31-22(15-29)17-7-9-18(10-8-17)32-16-19-20(26)5-4-6-21(19)33-24(27)28/h4-10,22,24H,11-16H2,1-3H3. The Morgan fingerprint density at radius 2 is 1.94 bits per heavy atom. The summed E-state index contributed by atoms with van der Waals surface area (Å²) < 4.78 is 46.9. The van der Waals surface area contributed by atoms with Crippen LogP contribution in [0.3, 0.4) is 0 Å². The van der Waals surface area contributed by atoms with Crippen LogP contribution in [-0.4, -0.2) is 49.3 Å². The molecule has 1 aliphatic heterocycles. The first-order valence-corrected chi connectivity index (χ1v) is 11.5. The number of morpholine rings is 1. The molecule has 1 saturated heterocycles. The monoisotopic (exact) mass is 497 g/mol. The zero-order chi connectivity index (χ0) is 24.7. The molecule has 2 aromatic carbocycles. The molecule has 0 bridgehead atoms. The summed E-state index contributed by atoms with van der Waals surface area (Å²) in [5, 5.41) is 0.289. The van der Waals surface area contributed by atoms with Gasteiger partial charge in [0, 0.05) is 19.6 Å². The maximum absolute atomic E-state index is 12.7. The number of carbonyl (C=O) groups is 1. The Bertz CT molecular complexity index is 949. The number of benzene rings is 2. The van der Waals surface area contributed by atoms with Crippen molar-refractivity contribution in [2.24, 2.45) is 0 Å². The van der Waals surface area contributed by atoms with Gasteiger partial charge in [0.1, 0.15) is 23.7 Å². The molecule has 9 heteroatoms. The highest BCUT2D eigenvalue weighted by atomic mass is 35.5. The lowest BCUT2D eigenvalue weighted by atomic mass is 10.1.